The van der Waals surface area contributed by atoms with E-state index in [-0.39, 0.29) is 6.54 Å². The minimum absolute atomic E-state index is 0.171. The number of hydrogen-bond donors (Lipinski definition) is 2. The van der Waals surface area contributed by atoms with Crippen LogP contribution in [0.5, 0.6) is 0 Å². The Morgan fingerprint density at radius 3 is 3.05 bits per heavy atom. The molecule has 1 aromatic carbocycles. The first-order chi connectivity index (χ1) is 9.56. The summed E-state index contributed by atoms with van der Waals surface area (Å²) in [5.41, 5.74) is 2.90. The number of likely N-dealkylation sites (N-methyl/N-ethyl adjacent to an activating group) is 1. The fourth-order valence-electron chi connectivity index (χ4n) is 2.71. The van der Waals surface area contributed by atoms with E-state index in [4.69, 9.17) is 21.1 Å². The topological polar surface area (TPSA) is 65.7 Å². The van der Waals surface area contributed by atoms with Crippen molar-refractivity contribution in [1.82, 2.24) is 10.2 Å². The fourth-order valence-corrected chi connectivity index (χ4v) is 2.96. The van der Waals surface area contributed by atoms with Crippen LogP contribution in [0.4, 0.5) is 4.79 Å². The fraction of sp³-hybridized carbons (Fsp3) is 0.357. The van der Waals surface area contributed by atoms with Gasteiger partial charge in [-0.3, -0.25) is 0 Å². The van der Waals surface area contributed by atoms with Gasteiger partial charge >= 0.3 is 6.09 Å². The summed E-state index contributed by atoms with van der Waals surface area (Å²) in [6.07, 6.45) is -0.191. The zero-order valence-corrected chi connectivity index (χ0v) is 11.8. The quantitative estimate of drug-likeness (QED) is 0.894. The molecule has 1 aromatic heterocycles. The molecule has 0 saturated carbocycles. The SMILES string of the molecule is CN1CCc2c(Cl)ccc3oc(CNC(=O)O)c(c23)C1. The molecule has 0 radical (unpaired) electrons. The van der Waals surface area contributed by atoms with Gasteiger partial charge in [-0.25, -0.2) is 4.79 Å². The molecule has 0 atom stereocenters. The molecule has 1 amide bonds. The monoisotopic (exact) mass is 294 g/mol. The zero-order valence-electron chi connectivity index (χ0n) is 11.1. The van der Waals surface area contributed by atoms with Crippen LogP contribution in [0.2, 0.25) is 5.02 Å². The minimum Gasteiger partial charge on any atom is -0.465 e. The standard InChI is InChI=1S/C14H15ClN2O3/c1-17-5-4-8-10(15)2-3-11-13(8)9(7-17)12(20-11)6-16-14(18)19/h2-3,16H,4-7H2,1H3,(H,18,19). The second-order valence-corrected chi connectivity index (χ2v) is 5.46. The van der Waals surface area contributed by atoms with Crippen molar-refractivity contribution in [3.05, 3.63) is 34.0 Å². The molecule has 2 aromatic rings. The van der Waals surface area contributed by atoms with Crippen LogP contribution in [-0.2, 0) is 19.5 Å². The molecule has 0 bridgehead atoms. The molecule has 1 aliphatic rings. The molecule has 0 spiro atoms. The predicted octanol–water partition coefficient (Wildman–Crippen LogP) is 2.84. The second kappa shape index (κ2) is 5.00. The number of nitrogens with zero attached hydrogens (tertiary/aromatic N) is 1. The molecule has 2 heterocycles. The van der Waals surface area contributed by atoms with E-state index >= 15 is 0 Å². The van der Waals surface area contributed by atoms with Crippen LogP contribution in [-0.4, -0.2) is 29.7 Å². The first-order valence-electron chi connectivity index (χ1n) is 6.43. The molecule has 0 aliphatic carbocycles. The van der Waals surface area contributed by atoms with Gasteiger partial charge < -0.3 is 19.7 Å². The van der Waals surface area contributed by atoms with Gasteiger partial charge in [0.25, 0.3) is 0 Å². The summed E-state index contributed by atoms with van der Waals surface area (Å²) in [6.45, 7) is 1.82. The van der Waals surface area contributed by atoms with Crippen molar-refractivity contribution in [2.45, 2.75) is 19.5 Å². The molecule has 1 aliphatic heterocycles. The first kappa shape index (κ1) is 13.3. The lowest BCUT2D eigenvalue weighted by atomic mass is 10.0. The summed E-state index contributed by atoms with van der Waals surface area (Å²) in [5, 5.41) is 12.9. The van der Waals surface area contributed by atoms with Crippen molar-refractivity contribution in [2.24, 2.45) is 0 Å². The normalized spacial score (nSPS) is 15.3. The number of halogens is 1. The van der Waals surface area contributed by atoms with E-state index in [0.717, 1.165) is 46.6 Å². The zero-order chi connectivity index (χ0) is 14.3. The number of nitrogens with one attached hydrogen (secondary N) is 1. The van der Waals surface area contributed by atoms with Gasteiger partial charge in [0.2, 0.25) is 0 Å². The van der Waals surface area contributed by atoms with Crippen LogP contribution in [0.1, 0.15) is 16.9 Å². The van der Waals surface area contributed by atoms with Crippen molar-refractivity contribution < 1.29 is 14.3 Å². The van der Waals surface area contributed by atoms with Crippen molar-refractivity contribution in [3.63, 3.8) is 0 Å². The number of benzene rings is 1. The van der Waals surface area contributed by atoms with Gasteiger partial charge in [0, 0.05) is 29.1 Å². The maximum absolute atomic E-state index is 10.7. The Balaban J connectivity index is 2.15. The lowest BCUT2D eigenvalue weighted by molar-refractivity contribution is 0.193. The molecular formula is C14H15ClN2O3. The summed E-state index contributed by atoms with van der Waals surface area (Å²) in [6, 6.07) is 3.69. The molecule has 106 valence electrons. The van der Waals surface area contributed by atoms with E-state index in [1.807, 2.05) is 19.2 Å². The van der Waals surface area contributed by atoms with Gasteiger partial charge in [0.05, 0.1) is 6.54 Å². The average Bonchev–Trinajstić information content (AvgIpc) is 2.62. The van der Waals surface area contributed by atoms with Gasteiger partial charge in [-0.2, -0.15) is 0 Å². The van der Waals surface area contributed by atoms with E-state index in [1.165, 1.54) is 0 Å². The minimum atomic E-state index is -1.06. The van der Waals surface area contributed by atoms with E-state index < -0.39 is 6.09 Å². The van der Waals surface area contributed by atoms with Gasteiger partial charge in [-0.05, 0) is 31.2 Å². The number of rotatable bonds is 2. The highest BCUT2D eigenvalue weighted by molar-refractivity contribution is 6.32. The third-order valence-corrected chi connectivity index (χ3v) is 4.01. The Bertz CT molecular complexity index is 681. The van der Waals surface area contributed by atoms with Crippen LogP contribution in [0.25, 0.3) is 11.0 Å². The number of amides is 1. The van der Waals surface area contributed by atoms with Crippen LogP contribution in [0.3, 0.4) is 0 Å². The maximum atomic E-state index is 10.7. The molecule has 0 fully saturated rings. The van der Waals surface area contributed by atoms with E-state index in [1.54, 1.807) is 0 Å². The summed E-state index contributed by atoms with van der Waals surface area (Å²) in [4.78, 5) is 12.9. The Labute approximate surface area is 121 Å². The molecule has 0 saturated heterocycles. The Morgan fingerprint density at radius 1 is 1.50 bits per heavy atom. The summed E-state index contributed by atoms with van der Waals surface area (Å²) in [5.74, 6) is 0.666. The number of carboxylic acid groups (broad SMARTS) is 1. The number of hydrogen-bond acceptors (Lipinski definition) is 3. The van der Waals surface area contributed by atoms with E-state index in [2.05, 4.69) is 10.2 Å². The predicted molar refractivity (Wildman–Crippen MR) is 76.1 cm³/mol. The number of furan rings is 1. The van der Waals surface area contributed by atoms with Crippen molar-refractivity contribution in [3.8, 4) is 0 Å². The molecule has 3 rings (SSSR count). The smallest absolute Gasteiger partial charge is 0.405 e. The van der Waals surface area contributed by atoms with Crippen molar-refractivity contribution in [2.75, 3.05) is 13.6 Å². The van der Waals surface area contributed by atoms with Gasteiger partial charge in [-0.15, -0.1) is 0 Å². The second-order valence-electron chi connectivity index (χ2n) is 5.05. The number of carbonyl (C=O) groups is 1. The van der Waals surface area contributed by atoms with E-state index in [9.17, 15) is 4.79 Å². The van der Waals surface area contributed by atoms with Gasteiger partial charge in [0.1, 0.15) is 11.3 Å². The largest absolute Gasteiger partial charge is 0.465 e. The average molecular weight is 295 g/mol. The molecule has 2 N–H and O–H groups in total. The van der Waals surface area contributed by atoms with Gasteiger partial charge in [-0.1, -0.05) is 11.6 Å². The first-order valence-corrected chi connectivity index (χ1v) is 6.81. The Kier molecular flexibility index (Phi) is 3.31. The van der Waals surface area contributed by atoms with Crippen LogP contribution >= 0.6 is 11.6 Å². The third-order valence-electron chi connectivity index (χ3n) is 3.66. The highest BCUT2D eigenvalue weighted by atomic mass is 35.5. The Hall–Kier alpha value is -1.72. The maximum Gasteiger partial charge on any atom is 0.405 e. The highest BCUT2D eigenvalue weighted by Gasteiger charge is 2.23. The molecule has 5 nitrogen and oxygen atoms in total. The van der Waals surface area contributed by atoms with Gasteiger partial charge in [0.15, 0.2) is 0 Å². The van der Waals surface area contributed by atoms with Crippen LogP contribution in [0.15, 0.2) is 16.5 Å². The summed E-state index contributed by atoms with van der Waals surface area (Å²) < 4.78 is 5.81. The highest BCUT2D eigenvalue weighted by Crippen LogP contribution is 2.36. The van der Waals surface area contributed by atoms with Crippen molar-refractivity contribution >= 4 is 28.7 Å². The molecular weight excluding hydrogens is 280 g/mol. The van der Waals surface area contributed by atoms with Crippen LogP contribution < -0.4 is 5.32 Å². The van der Waals surface area contributed by atoms with Crippen LogP contribution in [0, 0.1) is 0 Å². The summed E-state index contributed by atoms with van der Waals surface area (Å²) in [7, 11) is 2.03. The van der Waals surface area contributed by atoms with Crippen molar-refractivity contribution in [1.29, 1.82) is 0 Å². The van der Waals surface area contributed by atoms with E-state index in [0.29, 0.717) is 5.76 Å². The lowest BCUT2D eigenvalue weighted by Gasteiger charge is -2.13. The molecule has 0 unspecified atom stereocenters. The lowest BCUT2D eigenvalue weighted by Crippen LogP contribution is -2.22. The molecule has 6 heteroatoms. The molecule has 20 heavy (non-hydrogen) atoms. The Morgan fingerprint density at radius 2 is 2.30 bits per heavy atom. The third kappa shape index (κ3) is 2.23. The summed E-state index contributed by atoms with van der Waals surface area (Å²) >= 11 is 6.30.